The van der Waals surface area contributed by atoms with E-state index in [1.807, 2.05) is 0 Å². The van der Waals surface area contributed by atoms with Crippen molar-refractivity contribution in [2.45, 2.75) is 95.0 Å². The molecule has 0 radical (unpaired) electrons. The van der Waals surface area contributed by atoms with Gasteiger partial charge in [-0.15, -0.1) is 22.7 Å². The molecule has 0 aliphatic heterocycles. The molecule has 2 aliphatic rings. The molecule has 0 saturated heterocycles. The van der Waals surface area contributed by atoms with Gasteiger partial charge in [-0.25, -0.2) is 0 Å². The fourth-order valence-corrected chi connectivity index (χ4v) is 6.80. The molecule has 0 bridgehead atoms. The lowest BCUT2D eigenvalue weighted by Gasteiger charge is -2.22. The molecular weight excluding hydrogens is 498 g/mol. The Morgan fingerprint density at radius 2 is 1.21 bits per heavy atom. The van der Waals surface area contributed by atoms with Crippen LogP contribution in [0, 0.1) is 0 Å². The Morgan fingerprint density at radius 1 is 0.765 bits per heavy atom. The third-order valence-corrected chi connectivity index (χ3v) is 8.77. The van der Waals surface area contributed by atoms with Gasteiger partial charge in [-0.1, -0.05) is 38.5 Å². The van der Waals surface area contributed by atoms with Crippen LogP contribution in [0.15, 0.2) is 12.1 Å². The van der Waals surface area contributed by atoms with Gasteiger partial charge in [0.1, 0.15) is 9.75 Å². The highest BCUT2D eigenvalue weighted by molar-refractivity contribution is 7.14. The molecule has 0 spiro atoms. The summed E-state index contributed by atoms with van der Waals surface area (Å²) < 4.78 is 77.2. The largest absolute Gasteiger partial charge is 0.425 e. The second kappa shape index (κ2) is 11.6. The number of aliphatic hydroxyl groups is 1. The molecule has 2 heterocycles. The molecule has 0 amide bonds. The summed E-state index contributed by atoms with van der Waals surface area (Å²) in [6.45, 7) is -0.305. The van der Waals surface area contributed by atoms with Crippen molar-refractivity contribution in [2.75, 3.05) is 0 Å². The minimum absolute atomic E-state index is 0.0228. The number of carbonyl (C=O) groups excluding carboxylic acids is 1. The lowest BCUT2D eigenvalue weighted by molar-refractivity contribution is -0.136. The number of hydrogen-bond donors (Lipinski definition) is 1. The SMILES string of the molecule is O=Cc1cc(C2CCCCC2)c(C(F)(F)F)s1.OCc1cc(C2CCCCC2)c(C(F)(F)F)s1. The molecule has 2 aromatic heterocycles. The van der Waals surface area contributed by atoms with Gasteiger partial charge in [-0.05, 0) is 60.8 Å². The van der Waals surface area contributed by atoms with E-state index in [4.69, 9.17) is 5.11 Å². The lowest BCUT2D eigenvalue weighted by Crippen LogP contribution is -2.11. The summed E-state index contributed by atoms with van der Waals surface area (Å²) in [5.74, 6) is 0.00208. The molecule has 34 heavy (non-hydrogen) atoms. The van der Waals surface area contributed by atoms with Crippen LogP contribution in [0.4, 0.5) is 26.3 Å². The van der Waals surface area contributed by atoms with Crippen molar-refractivity contribution in [1.82, 2.24) is 0 Å². The molecule has 2 fully saturated rings. The van der Waals surface area contributed by atoms with E-state index in [1.165, 1.54) is 6.07 Å². The summed E-state index contributed by atoms with van der Waals surface area (Å²) in [7, 11) is 0. The predicted molar refractivity (Wildman–Crippen MR) is 122 cm³/mol. The quantitative estimate of drug-likeness (QED) is 0.319. The minimum atomic E-state index is -4.33. The fraction of sp³-hybridized carbons (Fsp3) is 0.625. The van der Waals surface area contributed by atoms with E-state index in [0.717, 1.165) is 64.2 Å². The molecular formula is C24H28F6O2S2. The Hall–Kier alpha value is -1.39. The van der Waals surface area contributed by atoms with Gasteiger partial charge in [0, 0.05) is 4.88 Å². The normalized spacial score (nSPS) is 18.4. The number of thiophene rings is 2. The number of halogens is 6. The predicted octanol–water partition coefficient (Wildman–Crippen LogP) is 8.93. The van der Waals surface area contributed by atoms with E-state index >= 15 is 0 Å². The third kappa shape index (κ3) is 6.85. The zero-order valence-corrected chi connectivity index (χ0v) is 20.2. The van der Waals surface area contributed by atoms with Crippen LogP contribution in [0.2, 0.25) is 0 Å². The van der Waals surface area contributed by atoms with E-state index in [1.54, 1.807) is 6.07 Å². The first-order valence-corrected chi connectivity index (χ1v) is 13.1. The van der Waals surface area contributed by atoms with Gasteiger partial charge < -0.3 is 5.11 Å². The molecule has 0 unspecified atom stereocenters. The van der Waals surface area contributed by atoms with Gasteiger partial charge in [0.15, 0.2) is 6.29 Å². The number of rotatable bonds is 4. The number of hydrogen-bond acceptors (Lipinski definition) is 4. The van der Waals surface area contributed by atoms with E-state index < -0.39 is 22.1 Å². The number of aldehydes is 1. The number of aliphatic hydroxyl groups excluding tert-OH is 1. The molecule has 2 aliphatic carbocycles. The molecule has 190 valence electrons. The van der Waals surface area contributed by atoms with Crippen LogP contribution in [0.5, 0.6) is 0 Å². The molecule has 1 N–H and O–H groups in total. The average Bonchev–Trinajstić information content (AvgIpc) is 3.45. The summed E-state index contributed by atoms with van der Waals surface area (Å²) in [5.41, 5.74) is 0.746. The van der Waals surface area contributed by atoms with Gasteiger partial charge in [-0.3, -0.25) is 4.79 Å². The Balaban J connectivity index is 0.000000191. The molecule has 2 aromatic rings. The van der Waals surface area contributed by atoms with Crippen molar-refractivity contribution >= 4 is 29.0 Å². The van der Waals surface area contributed by atoms with Crippen molar-refractivity contribution in [3.63, 3.8) is 0 Å². The van der Waals surface area contributed by atoms with Crippen LogP contribution >= 0.6 is 22.7 Å². The lowest BCUT2D eigenvalue weighted by atomic mass is 9.84. The van der Waals surface area contributed by atoms with Crippen molar-refractivity contribution in [3.8, 4) is 0 Å². The maximum Gasteiger partial charge on any atom is 0.425 e. The van der Waals surface area contributed by atoms with Crippen LogP contribution < -0.4 is 0 Å². The maximum atomic E-state index is 12.9. The van der Waals surface area contributed by atoms with Crippen LogP contribution in [-0.2, 0) is 19.0 Å². The minimum Gasteiger partial charge on any atom is -0.391 e. The molecule has 2 saturated carbocycles. The average molecular weight is 527 g/mol. The topological polar surface area (TPSA) is 37.3 Å². The third-order valence-electron chi connectivity index (χ3n) is 6.47. The Bertz CT molecular complexity index is 932. The number of alkyl halides is 6. The summed E-state index contributed by atoms with van der Waals surface area (Å²) >= 11 is 1.25. The molecule has 4 rings (SSSR count). The molecule has 10 heteroatoms. The van der Waals surface area contributed by atoms with E-state index in [9.17, 15) is 31.1 Å². The van der Waals surface area contributed by atoms with Gasteiger partial charge in [0.05, 0.1) is 11.5 Å². The standard InChI is InChI=1S/C12H15F3OS.C12H13F3OS/c2*13-12(14,15)11-10(6-9(7-16)17-11)8-4-2-1-3-5-8/h6,8,16H,1-5,7H2;6-8H,1-5H2. The van der Waals surface area contributed by atoms with Gasteiger partial charge in [0.2, 0.25) is 0 Å². The van der Waals surface area contributed by atoms with E-state index in [-0.39, 0.29) is 23.3 Å². The monoisotopic (exact) mass is 526 g/mol. The van der Waals surface area contributed by atoms with E-state index in [2.05, 4.69) is 0 Å². The summed E-state index contributed by atoms with van der Waals surface area (Å²) in [4.78, 5) is 10.1. The van der Waals surface area contributed by atoms with Crippen LogP contribution in [0.1, 0.15) is 111 Å². The second-order valence-corrected chi connectivity index (χ2v) is 11.1. The van der Waals surface area contributed by atoms with Gasteiger partial charge in [-0.2, -0.15) is 26.3 Å². The van der Waals surface area contributed by atoms with Crippen molar-refractivity contribution in [2.24, 2.45) is 0 Å². The highest BCUT2D eigenvalue weighted by atomic mass is 32.1. The first kappa shape index (κ1) is 27.2. The Morgan fingerprint density at radius 3 is 1.62 bits per heavy atom. The molecule has 0 aromatic carbocycles. The zero-order valence-electron chi connectivity index (χ0n) is 18.6. The first-order chi connectivity index (χ1) is 16.0. The Labute approximate surface area is 203 Å². The smallest absolute Gasteiger partial charge is 0.391 e. The summed E-state index contributed by atoms with van der Waals surface area (Å²) in [6, 6.07) is 2.97. The van der Waals surface area contributed by atoms with Gasteiger partial charge in [0.25, 0.3) is 0 Å². The highest BCUT2D eigenvalue weighted by Crippen LogP contribution is 2.46. The number of carbonyl (C=O) groups is 1. The van der Waals surface area contributed by atoms with E-state index in [0.29, 0.717) is 45.0 Å². The Kier molecular flexibility index (Phi) is 9.25. The van der Waals surface area contributed by atoms with Crippen LogP contribution in [0.25, 0.3) is 0 Å². The van der Waals surface area contributed by atoms with Gasteiger partial charge >= 0.3 is 12.4 Å². The highest BCUT2D eigenvalue weighted by Gasteiger charge is 2.39. The summed E-state index contributed by atoms with van der Waals surface area (Å²) in [5, 5.41) is 8.98. The zero-order chi connectivity index (χ0) is 24.9. The van der Waals surface area contributed by atoms with Crippen molar-refractivity contribution < 1.29 is 36.2 Å². The van der Waals surface area contributed by atoms with Crippen molar-refractivity contribution in [1.29, 1.82) is 0 Å². The van der Waals surface area contributed by atoms with Crippen LogP contribution in [-0.4, -0.2) is 11.4 Å². The first-order valence-electron chi connectivity index (χ1n) is 11.5. The molecule has 2 nitrogen and oxygen atoms in total. The fourth-order valence-electron chi connectivity index (χ4n) is 4.90. The summed E-state index contributed by atoms with van der Waals surface area (Å²) in [6.07, 6.45) is 1.36. The maximum absolute atomic E-state index is 12.9. The molecule has 0 atom stereocenters. The van der Waals surface area contributed by atoms with Crippen LogP contribution in [0.3, 0.4) is 0 Å². The van der Waals surface area contributed by atoms with Crippen molar-refractivity contribution in [3.05, 3.63) is 42.8 Å². The second-order valence-electron chi connectivity index (χ2n) is 8.87.